The number of fused-ring (bicyclic) bond motifs is 1. The lowest BCUT2D eigenvalue weighted by molar-refractivity contribution is 0.361. The Morgan fingerprint density at radius 3 is 3.20 bits per heavy atom. The highest BCUT2D eigenvalue weighted by molar-refractivity contribution is 5.60. The van der Waals surface area contributed by atoms with Crippen LogP contribution in [-0.4, -0.2) is 16.2 Å². The summed E-state index contributed by atoms with van der Waals surface area (Å²) < 4.78 is 6.97. The van der Waals surface area contributed by atoms with Gasteiger partial charge in [0.1, 0.15) is 18.4 Å². The summed E-state index contributed by atoms with van der Waals surface area (Å²) in [4.78, 5) is 0. The zero-order valence-electron chi connectivity index (χ0n) is 8.05. The Hall–Kier alpha value is -2.28. The number of hydrogen-bond donors (Lipinski definition) is 0. The molecule has 0 fully saturated rings. The number of hydrogen-bond acceptors (Lipinski definition) is 3. The maximum absolute atomic E-state index is 8.79. The smallest absolute Gasteiger partial charge is 0.138 e. The Labute approximate surface area is 87.0 Å². The molecule has 0 aliphatic rings. The van der Waals surface area contributed by atoms with E-state index in [2.05, 4.69) is 17.7 Å². The van der Waals surface area contributed by atoms with Crippen molar-refractivity contribution in [2.45, 2.75) is 0 Å². The van der Waals surface area contributed by atoms with E-state index in [0.717, 1.165) is 5.52 Å². The minimum Gasteiger partial charge on any atom is -0.488 e. The standard InChI is InChI=1S/C11H9N3O/c1-2-5-15-10-3-4-11-9(6-12)7-13-14(11)8-10/h2-4,7-8H,1,5H2. The zero-order valence-corrected chi connectivity index (χ0v) is 8.05. The van der Waals surface area contributed by atoms with Crippen LogP contribution < -0.4 is 4.74 Å². The molecule has 0 aromatic carbocycles. The van der Waals surface area contributed by atoms with Gasteiger partial charge in [-0.25, -0.2) is 4.52 Å². The third-order valence-corrected chi connectivity index (χ3v) is 1.98. The van der Waals surface area contributed by atoms with Crippen LogP contribution in [0, 0.1) is 11.3 Å². The summed E-state index contributed by atoms with van der Waals surface area (Å²) in [5, 5.41) is 12.8. The van der Waals surface area contributed by atoms with E-state index in [-0.39, 0.29) is 0 Å². The number of pyridine rings is 1. The number of rotatable bonds is 3. The first-order valence-electron chi connectivity index (χ1n) is 4.46. The van der Waals surface area contributed by atoms with Gasteiger partial charge in [-0.05, 0) is 12.1 Å². The molecule has 0 aliphatic heterocycles. The lowest BCUT2D eigenvalue weighted by atomic mass is 10.3. The third kappa shape index (κ3) is 1.67. The van der Waals surface area contributed by atoms with Crippen molar-refractivity contribution in [3.05, 3.63) is 42.7 Å². The molecule has 0 N–H and O–H groups in total. The van der Waals surface area contributed by atoms with Crippen molar-refractivity contribution < 1.29 is 4.74 Å². The van der Waals surface area contributed by atoms with Gasteiger partial charge in [0.2, 0.25) is 0 Å². The Balaban J connectivity index is 2.40. The van der Waals surface area contributed by atoms with E-state index >= 15 is 0 Å². The molecular formula is C11H9N3O. The average Bonchev–Trinajstić information content (AvgIpc) is 2.68. The fourth-order valence-electron chi connectivity index (χ4n) is 1.29. The quantitative estimate of drug-likeness (QED) is 0.708. The number of ether oxygens (including phenoxy) is 1. The Bertz CT molecular complexity index is 536. The normalized spacial score (nSPS) is 9.80. The highest BCUT2D eigenvalue weighted by Crippen LogP contribution is 2.15. The summed E-state index contributed by atoms with van der Waals surface area (Å²) in [7, 11) is 0. The average molecular weight is 199 g/mol. The van der Waals surface area contributed by atoms with Crippen LogP contribution in [-0.2, 0) is 0 Å². The molecule has 2 rings (SSSR count). The van der Waals surface area contributed by atoms with Crippen LogP contribution in [0.25, 0.3) is 5.52 Å². The van der Waals surface area contributed by atoms with Gasteiger partial charge in [-0.2, -0.15) is 10.4 Å². The highest BCUT2D eigenvalue weighted by Gasteiger charge is 2.03. The van der Waals surface area contributed by atoms with E-state index in [1.165, 1.54) is 6.20 Å². The molecule has 74 valence electrons. The molecule has 0 unspecified atom stereocenters. The van der Waals surface area contributed by atoms with E-state index in [9.17, 15) is 0 Å². The van der Waals surface area contributed by atoms with E-state index in [0.29, 0.717) is 17.9 Å². The Morgan fingerprint density at radius 2 is 2.47 bits per heavy atom. The Kier molecular flexibility index (Phi) is 2.38. The number of nitriles is 1. The maximum atomic E-state index is 8.79. The molecular weight excluding hydrogens is 190 g/mol. The third-order valence-electron chi connectivity index (χ3n) is 1.98. The molecule has 0 saturated carbocycles. The minimum absolute atomic E-state index is 0.456. The van der Waals surface area contributed by atoms with Crippen LogP contribution in [0.4, 0.5) is 0 Å². The molecule has 0 saturated heterocycles. The van der Waals surface area contributed by atoms with Crippen molar-refractivity contribution in [2.24, 2.45) is 0 Å². The van der Waals surface area contributed by atoms with Crippen molar-refractivity contribution in [3.63, 3.8) is 0 Å². The molecule has 15 heavy (non-hydrogen) atoms. The van der Waals surface area contributed by atoms with Gasteiger partial charge in [0, 0.05) is 0 Å². The maximum Gasteiger partial charge on any atom is 0.138 e. The van der Waals surface area contributed by atoms with E-state index in [1.807, 2.05) is 6.07 Å². The molecule has 0 radical (unpaired) electrons. The minimum atomic E-state index is 0.456. The number of aromatic nitrogens is 2. The summed E-state index contributed by atoms with van der Waals surface area (Å²) in [6.07, 6.45) is 4.94. The molecule has 2 aromatic heterocycles. The number of nitrogens with zero attached hydrogens (tertiary/aromatic N) is 3. The summed E-state index contributed by atoms with van der Waals surface area (Å²) in [6, 6.07) is 5.69. The molecule has 0 aliphatic carbocycles. The van der Waals surface area contributed by atoms with E-state index < -0.39 is 0 Å². The van der Waals surface area contributed by atoms with Gasteiger partial charge in [0.15, 0.2) is 0 Å². The topological polar surface area (TPSA) is 50.3 Å². The van der Waals surface area contributed by atoms with Gasteiger partial charge in [-0.1, -0.05) is 12.7 Å². The molecule has 4 heteroatoms. The predicted octanol–water partition coefficient (Wildman–Crippen LogP) is 1.77. The van der Waals surface area contributed by atoms with Gasteiger partial charge >= 0.3 is 0 Å². The fraction of sp³-hybridized carbons (Fsp3) is 0.0909. The van der Waals surface area contributed by atoms with Crippen molar-refractivity contribution in [1.29, 1.82) is 5.26 Å². The molecule has 0 amide bonds. The van der Waals surface area contributed by atoms with Gasteiger partial charge < -0.3 is 4.74 Å². The SMILES string of the molecule is C=CCOc1ccc2c(C#N)cnn2c1. The van der Waals surface area contributed by atoms with Crippen LogP contribution in [0.2, 0.25) is 0 Å². The van der Waals surface area contributed by atoms with Gasteiger partial charge in [0.05, 0.1) is 23.5 Å². The lowest BCUT2D eigenvalue weighted by Crippen LogP contribution is -1.95. The molecule has 4 nitrogen and oxygen atoms in total. The van der Waals surface area contributed by atoms with E-state index in [1.54, 1.807) is 22.9 Å². The summed E-state index contributed by atoms with van der Waals surface area (Å²) in [5.41, 5.74) is 1.34. The lowest BCUT2D eigenvalue weighted by Gasteiger charge is -2.02. The van der Waals surface area contributed by atoms with Gasteiger partial charge in [-0.15, -0.1) is 0 Å². The second kappa shape index (κ2) is 3.84. The van der Waals surface area contributed by atoms with Crippen LogP contribution in [0.15, 0.2) is 37.2 Å². The molecule has 0 atom stereocenters. The monoisotopic (exact) mass is 199 g/mol. The van der Waals surface area contributed by atoms with Crippen molar-refractivity contribution in [2.75, 3.05) is 6.61 Å². The van der Waals surface area contributed by atoms with Gasteiger partial charge in [-0.3, -0.25) is 0 Å². The van der Waals surface area contributed by atoms with E-state index in [4.69, 9.17) is 10.00 Å². The highest BCUT2D eigenvalue weighted by atomic mass is 16.5. The van der Waals surface area contributed by atoms with Crippen molar-refractivity contribution in [3.8, 4) is 11.8 Å². The summed E-state index contributed by atoms with van der Waals surface area (Å²) >= 11 is 0. The first-order valence-corrected chi connectivity index (χ1v) is 4.46. The second-order valence-electron chi connectivity index (χ2n) is 2.96. The van der Waals surface area contributed by atoms with Crippen molar-refractivity contribution in [1.82, 2.24) is 9.61 Å². The Morgan fingerprint density at radius 1 is 1.60 bits per heavy atom. The second-order valence-corrected chi connectivity index (χ2v) is 2.96. The van der Waals surface area contributed by atoms with Crippen LogP contribution in [0.1, 0.15) is 5.56 Å². The molecule has 2 heterocycles. The fourth-order valence-corrected chi connectivity index (χ4v) is 1.29. The molecule has 0 spiro atoms. The van der Waals surface area contributed by atoms with Gasteiger partial charge in [0.25, 0.3) is 0 Å². The molecule has 2 aromatic rings. The predicted molar refractivity (Wildman–Crippen MR) is 55.6 cm³/mol. The zero-order chi connectivity index (χ0) is 10.7. The summed E-state index contributed by atoms with van der Waals surface area (Å²) in [5.74, 6) is 0.704. The van der Waals surface area contributed by atoms with Crippen molar-refractivity contribution >= 4 is 5.52 Å². The van der Waals surface area contributed by atoms with Crippen LogP contribution in [0.5, 0.6) is 5.75 Å². The summed E-state index contributed by atoms with van der Waals surface area (Å²) in [6.45, 7) is 4.02. The van der Waals surface area contributed by atoms with Crippen LogP contribution in [0.3, 0.4) is 0 Å². The largest absolute Gasteiger partial charge is 0.488 e. The first-order chi connectivity index (χ1) is 7.35. The molecule has 0 bridgehead atoms. The van der Waals surface area contributed by atoms with Crippen LogP contribution >= 0.6 is 0 Å². The first kappa shape index (κ1) is 9.28.